The summed E-state index contributed by atoms with van der Waals surface area (Å²) >= 11 is 0. The molecular weight excluding hydrogens is 326 g/mol. The zero-order valence-corrected chi connectivity index (χ0v) is 14.7. The van der Waals surface area contributed by atoms with Crippen molar-refractivity contribution >= 4 is 22.6 Å². The molecule has 2 heterocycles. The van der Waals surface area contributed by atoms with Crippen LogP contribution in [0.2, 0.25) is 0 Å². The maximum atomic E-state index is 12.5. The Labute approximate surface area is 152 Å². The van der Waals surface area contributed by atoms with Crippen LogP contribution in [0.25, 0.3) is 10.9 Å². The van der Waals surface area contributed by atoms with E-state index in [2.05, 4.69) is 10.3 Å². The first-order chi connectivity index (χ1) is 12.7. The van der Waals surface area contributed by atoms with Crippen molar-refractivity contribution in [3.63, 3.8) is 0 Å². The van der Waals surface area contributed by atoms with Gasteiger partial charge in [-0.3, -0.25) is 0 Å². The van der Waals surface area contributed by atoms with E-state index < -0.39 is 0 Å². The summed E-state index contributed by atoms with van der Waals surface area (Å²) in [6.45, 7) is 3.22. The molecule has 1 unspecified atom stereocenters. The quantitative estimate of drug-likeness (QED) is 0.771. The normalized spacial score (nSPS) is 16.7. The first-order valence-electron chi connectivity index (χ1n) is 8.83. The molecule has 2 amide bonds. The number of rotatable bonds is 3. The third-order valence-corrected chi connectivity index (χ3v) is 4.68. The van der Waals surface area contributed by atoms with Crippen molar-refractivity contribution < 1.29 is 9.53 Å². The summed E-state index contributed by atoms with van der Waals surface area (Å²) in [6.07, 6.45) is 0.765. The van der Waals surface area contributed by atoms with E-state index in [0.717, 1.165) is 28.6 Å². The number of nitrogens with one attached hydrogen (secondary N) is 1. The number of urea groups is 1. The largest absolute Gasteiger partial charge is 0.472 e. The van der Waals surface area contributed by atoms with Crippen LogP contribution in [0.5, 0.6) is 5.88 Å². The van der Waals surface area contributed by atoms with Crippen molar-refractivity contribution in [1.29, 1.82) is 0 Å². The lowest BCUT2D eigenvalue weighted by Crippen LogP contribution is -2.34. The zero-order chi connectivity index (χ0) is 17.9. The van der Waals surface area contributed by atoms with Crippen LogP contribution in [0.3, 0.4) is 0 Å². The predicted octanol–water partition coefficient (Wildman–Crippen LogP) is 4.23. The molecule has 1 aliphatic rings. The van der Waals surface area contributed by atoms with Gasteiger partial charge in [-0.1, -0.05) is 36.4 Å². The molecular formula is C21H21N3O2. The summed E-state index contributed by atoms with van der Waals surface area (Å²) in [4.78, 5) is 18.8. The minimum atomic E-state index is -0.0862. The van der Waals surface area contributed by atoms with Crippen molar-refractivity contribution in [1.82, 2.24) is 9.88 Å². The van der Waals surface area contributed by atoms with Gasteiger partial charge in [0.25, 0.3) is 0 Å². The molecule has 132 valence electrons. The molecule has 1 saturated heterocycles. The van der Waals surface area contributed by atoms with Crippen molar-refractivity contribution in [3.8, 4) is 5.88 Å². The summed E-state index contributed by atoms with van der Waals surface area (Å²) in [5.41, 5.74) is 2.81. The molecule has 1 aromatic heterocycles. The zero-order valence-electron chi connectivity index (χ0n) is 14.7. The second-order valence-corrected chi connectivity index (χ2v) is 6.56. The van der Waals surface area contributed by atoms with Crippen LogP contribution in [0.1, 0.15) is 12.0 Å². The van der Waals surface area contributed by atoms with Gasteiger partial charge in [-0.2, -0.15) is 0 Å². The van der Waals surface area contributed by atoms with E-state index in [-0.39, 0.29) is 12.1 Å². The lowest BCUT2D eigenvalue weighted by Gasteiger charge is -2.18. The molecule has 0 aliphatic carbocycles. The number of ether oxygens (including phenoxy) is 1. The molecule has 0 saturated carbocycles. The first kappa shape index (κ1) is 16.4. The molecule has 3 aromatic rings. The highest BCUT2D eigenvalue weighted by molar-refractivity contribution is 5.90. The Balaban J connectivity index is 1.38. The van der Waals surface area contributed by atoms with Crippen LogP contribution in [0.4, 0.5) is 10.5 Å². The Morgan fingerprint density at radius 1 is 1.12 bits per heavy atom. The number of aryl methyl sites for hydroxylation is 1. The number of nitrogens with zero attached hydrogens (tertiary/aromatic N) is 2. The number of likely N-dealkylation sites (tertiary alicyclic amines) is 1. The van der Waals surface area contributed by atoms with Gasteiger partial charge >= 0.3 is 6.03 Å². The van der Waals surface area contributed by atoms with E-state index in [1.165, 1.54) is 0 Å². The minimum absolute atomic E-state index is 0.0358. The van der Waals surface area contributed by atoms with Crippen LogP contribution in [-0.4, -0.2) is 35.1 Å². The van der Waals surface area contributed by atoms with Crippen LogP contribution in [-0.2, 0) is 0 Å². The molecule has 1 aliphatic heterocycles. The summed E-state index contributed by atoms with van der Waals surface area (Å²) in [6, 6.07) is 19.5. The Morgan fingerprint density at radius 2 is 1.92 bits per heavy atom. The fraction of sp³-hybridized carbons (Fsp3) is 0.238. The van der Waals surface area contributed by atoms with Crippen LogP contribution < -0.4 is 10.1 Å². The van der Waals surface area contributed by atoms with Crippen LogP contribution in [0, 0.1) is 6.92 Å². The Morgan fingerprint density at radius 3 is 2.81 bits per heavy atom. The third-order valence-electron chi connectivity index (χ3n) is 4.68. The van der Waals surface area contributed by atoms with Gasteiger partial charge in [0.15, 0.2) is 0 Å². The Bertz CT molecular complexity index is 941. The fourth-order valence-corrected chi connectivity index (χ4v) is 3.20. The number of aromatic nitrogens is 1. The summed E-state index contributed by atoms with van der Waals surface area (Å²) in [5, 5.41) is 4.06. The highest BCUT2D eigenvalue weighted by atomic mass is 16.5. The average Bonchev–Trinajstić information content (AvgIpc) is 3.12. The van der Waals surface area contributed by atoms with E-state index in [9.17, 15) is 4.79 Å². The molecule has 1 atom stereocenters. The van der Waals surface area contributed by atoms with Gasteiger partial charge in [0.1, 0.15) is 6.10 Å². The van der Waals surface area contributed by atoms with E-state index in [0.29, 0.717) is 19.0 Å². The number of amides is 2. The first-order valence-corrected chi connectivity index (χ1v) is 8.83. The smallest absolute Gasteiger partial charge is 0.321 e. The Kier molecular flexibility index (Phi) is 4.44. The molecule has 5 heteroatoms. The summed E-state index contributed by atoms with van der Waals surface area (Å²) in [5.74, 6) is 0.606. The molecule has 1 fully saturated rings. The van der Waals surface area contributed by atoms with Gasteiger partial charge in [-0.25, -0.2) is 9.78 Å². The fourth-order valence-electron chi connectivity index (χ4n) is 3.20. The topological polar surface area (TPSA) is 54.5 Å². The number of pyridine rings is 1. The number of carbonyl (C=O) groups excluding carboxylic acids is 1. The predicted molar refractivity (Wildman–Crippen MR) is 103 cm³/mol. The van der Waals surface area contributed by atoms with Gasteiger partial charge < -0.3 is 15.0 Å². The van der Waals surface area contributed by atoms with Crippen LogP contribution >= 0.6 is 0 Å². The standard InChI is InChI=1S/C21H21N3O2/c1-15-6-2-4-8-18(15)23-21(25)24-13-12-17(14-24)26-20-11-10-16-7-3-5-9-19(16)22-20/h2-11,17H,12-14H2,1H3,(H,23,25). The second-order valence-electron chi connectivity index (χ2n) is 6.56. The Hall–Kier alpha value is -3.08. The van der Waals surface area contributed by atoms with Crippen LogP contribution in [0.15, 0.2) is 60.7 Å². The number of para-hydroxylation sites is 2. The SMILES string of the molecule is Cc1ccccc1NC(=O)N1CCC(Oc2ccc3ccccc3n2)C1. The maximum Gasteiger partial charge on any atom is 0.321 e. The number of hydrogen-bond acceptors (Lipinski definition) is 3. The lowest BCUT2D eigenvalue weighted by molar-refractivity contribution is 0.190. The van der Waals surface area contributed by atoms with Gasteiger partial charge in [0, 0.05) is 30.1 Å². The van der Waals surface area contributed by atoms with Gasteiger partial charge in [-0.05, 0) is 30.7 Å². The van der Waals surface area contributed by atoms with Crippen molar-refractivity contribution in [3.05, 3.63) is 66.2 Å². The van der Waals surface area contributed by atoms with Gasteiger partial charge in [0.2, 0.25) is 5.88 Å². The number of carbonyl (C=O) groups is 1. The minimum Gasteiger partial charge on any atom is -0.472 e. The summed E-state index contributed by atoms with van der Waals surface area (Å²) < 4.78 is 6.00. The average molecular weight is 347 g/mol. The summed E-state index contributed by atoms with van der Waals surface area (Å²) in [7, 11) is 0. The van der Waals surface area contributed by atoms with E-state index in [4.69, 9.17) is 4.74 Å². The van der Waals surface area contributed by atoms with E-state index >= 15 is 0 Å². The number of benzene rings is 2. The van der Waals surface area contributed by atoms with Gasteiger partial charge in [-0.15, -0.1) is 0 Å². The highest BCUT2D eigenvalue weighted by Gasteiger charge is 2.28. The number of hydrogen-bond donors (Lipinski definition) is 1. The maximum absolute atomic E-state index is 12.5. The van der Waals surface area contributed by atoms with Crippen molar-refractivity contribution in [2.24, 2.45) is 0 Å². The molecule has 1 N–H and O–H groups in total. The van der Waals surface area contributed by atoms with Crippen molar-refractivity contribution in [2.75, 3.05) is 18.4 Å². The highest BCUT2D eigenvalue weighted by Crippen LogP contribution is 2.21. The number of anilines is 1. The number of fused-ring (bicyclic) bond motifs is 1. The van der Waals surface area contributed by atoms with Gasteiger partial charge in [0.05, 0.1) is 12.1 Å². The molecule has 5 nitrogen and oxygen atoms in total. The third kappa shape index (κ3) is 3.47. The van der Waals surface area contributed by atoms with E-state index in [1.807, 2.05) is 67.6 Å². The lowest BCUT2D eigenvalue weighted by atomic mass is 10.2. The molecule has 26 heavy (non-hydrogen) atoms. The monoisotopic (exact) mass is 347 g/mol. The van der Waals surface area contributed by atoms with E-state index in [1.54, 1.807) is 4.90 Å². The molecule has 0 radical (unpaired) electrons. The molecule has 0 bridgehead atoms. The molecule has 4 rings (SSSR count). The second kappa shape index (κ2) is 7.04. The molecule has 2 aromatic carbocycles. The van der Waals surface area contributed by atoms with Crippen molar-refractivity contribution in [2.45, 2.75) is 19.4 Å². The molecule has 0 spiro atoms.